The number of hydrogen-bond acceptors (Lipinski definition) is 2. The summed E-state index contributed by atoms with van der Waals surface area (Å²) in [5.41, 5.74) is 2.92. The minimum Gasteiger partial charge on any atom is -0.342 e. The van der Waals surface area contributed by atoms with Crippen molar-refractivity contribution >= 4 is 5.91 Å². The summed E-state index contributed by atoms with van der Waals surface area (Å²) < 4.78 is 0. The van der Waals surface area contributed by atoms with Gasteiger partial charge in [0, 0.05) is 25.6 Å². The van der Waals surface area contributed by atoms with Crippen molar-refractivity contribution in [2.45, 2.75) is 57.9 Å². The molecule has 1 amide bonds. The van der Waals surface area contributed by atoms with Gasteiger partial charge in [0.25, 0.3) is 0 Å². The number of likely N-dealkylation sites (tertiary alicyclic amines) is 2. The summed E-state index contributed by atoms with van der Waals surface area (Å²) in [5.74, 6) is 1.55. The van der Waals surface area contributed by atoms with Crippen LogP contribution in [0.4, 0.5) is 0 Å². The lowest BCUT2D eigenvalue weighted by molar-refractivity contribution is -0.139. The van der Waals surface area contributed by atoms with Crippen molar-refractivity contribution in [1.82, 2.24) is 9.80 Å². The van der Waals surface area contributed by atoms with Crippen LogP contribution in [-0.4, -0.2) is 41.9 Å². The summed E-state index contributed by atoms with van der Waals surface area (Å²) in [6.45, 7) is 5.60. The first-order chi connectivity index (χ1) is 12.3. The number of piperidine rings is 1. The van der Waals surface area contributed by atoms with Gasteiger partial charge < -0.3 is 4.90 Å². The largest absolute Gasteiger partial charge is 0.342 e. The van der Waals surface area contributed by atoms with E-state index in [0.717, 1.165) is 38.4 Å². The Bertz CT molecular complexity index is 564. The highest BCUT2D eigenvalue weighted by molar-refractivity contribution is 5.79. The number of carbonyl (C=O) groups excluding carboxylic acids is 1. The van der Waals surface area contributed by atoms with Gasteiger partial charge in [0.05, 0.1) is 0 Å². The first-order valence-electron chi connectivity index (χ1n) is 10.4. The Hall–Kier alpha value is -1.35. The molecule has 0 unspecified atom stereocenters. The number of nitrogens with zero attached hydrogens (tertiary/aromatic N) is 2. The van der Waals surface area contributed by atoms with E-state index in [2.05, 4.69) is 34.1 Å². The fourth-order valence-electron chi connectivity index (χ4n) is 4.58. The van der Waals surface area contributed by atoms with Crippen LogP contribution in [0.1, 0.15) is 56.1 Å². The fourth-order valence-corrected chi connectivity index (χ4v) is 4.58. The molecule has 0 bridgehead atoms. The second kappa shape index (κ2) is 7.90. The van der Waals surface area contributed by atoms with Crippen LogP contribution >= 0.6 is 0 Å². The number of amides is 1. The van der Waals surface area contributed by atoms with Gasteiger partial charge in [-0.3, -0.25) is 9.69 Å². The third-order valence-electron chi connectivity index (χ3n) is 6.53. The Balaban J connectivity index is 1.23. The highest BCUT2D eigenvalue weighted by Gasteiger charge is 2.31. The van der Waals surface area contributed by atoms with Crippen LogP contribution in [0.25, 0.3) is 0 Å². The molecule has 0 N–H and O–H groups in total. The molecule has 1 saturated carbocycles. The predicted molar refractivity (Wildman–Crippen MR) is 101 cm³/mol. The molecule has 1 aliphatic carbocycles. The molecule has 2 saturated heterocycles. The van der Waals surface area contributed by atoms with Crippen LogP contribution in [0.5, 0.6) is 0 Å². The van der Waals surface area contributed by atoms with Crippen LogP contribution in [0.15, 0.2) is 24.3 Å². The van der Waals surface area contributed by atoms with E-state index in [1.807, 2.05) is 0 Å². The van der Waals surface area contributed by atoms with E-state index in [1.54, 1.807) is 0 Å². The molecule has 0 spiro atoms. The van der Waals surface area contributed by atoms with Gasteiger partial charge in [-0.05, 0) is 75.1 Å². The van der Waals surface area contributed by atoms with Crippen LogP contribution < -0.4 is 0 Å². The van der Waals surface area contributed by atoms with Crippen LogP contribution in [0.2, 0.25) is 0 Å². The van der Waals surface area contributed by atoms with Crippen molar-refractivity contribution in [1.29, 1.82) is 0 Å². The molecule has 136 valence electrons. The van der Waals surface area contributed by atoms with Gasteiger partial charge in [0.15, 0.2) is 0 Å². The lowest BCUT2D eigenvalue weighted by Gasteiger charge is -2.36. The van der Waals surface area contributed by atoms with Gasteiger partial charge >= 0.3 is 0 Å². The van der Waals surface area contributed by atoms with Gasteiger partial charge in [-0.1, -0.05) is 30.7 Å². The van der Waals surface area contributed by atoms with Crippen LogP contribution in [0, 0.1) is 11.8 Å². The molecule has 1 aromatic carbocycles. The summed E-state index contributed by atoms with van der Waals surface area (Å²) >= 11 is 0. The maximum atomic E-state index is 12.3. The molecular formula is C22H32N2O. The maximum Gasteiger partial charge on any atom is 0.225 e. The van der Waals surface area contributed by atoms with Gasteiger partial charge in [0.2, 0.25) is 5.91 Å². The number of benzene rings is 1. The van der Waals surface area contributed by atoms with Crippen molar-refractivity contribution < 1.29 is 4.79 Å². The number of carbonyl (C=O) groups is 1. The summed E-state index contributed by atoms with van der Waals surface area (Å²) in [4.78, 5) is 17.0. The molecule has 2 aliphatic heterocycles. The molecule has 0 radical (unpaired) electrons. The van der Waals surface area contributed by atoms with Crippen molar-refractivity contribution in [3.8, 4) is 0 Å². The van der Waals surface area contributed by atoms with Gasteiger partial charge in [-0.2, -0.15) is 0 Å². The Morgan fingerprint density at radius 2 is 1.48 bits per heavy atom. The van der Waals surface area contributed by atoms with E-state index in [0.29, 0.717) is 11.8 Å². The normalized spacial score (nSPS) is 23.0. The lowest BCUT2D eigenvalue weighted by atomic mass is 9.83. The topological polar surface area (TPSA) is 23.6 Å². The van der Waals surface area contributed by atoms with Crippen molar-refractivity contribution in [3.63, 3.8) is 0 Å². The second-order valence-corrected chi connectivity index (χ2v) is 8.40. The standard InChI is InChI=1S/C22H32N2O/c25-22(21-4-3-5-21)24-14-10-19(11-15-24)16-18-6-8-20(9-7-18)17-23-12-1-2-13-23/h6-9,19,21H,1-5,10-17H2. The van der Waals surface area contributed by atoms with E-state index in [-0.39, 0.29) is 0 Å². The molecule has 0 atom stereocenters. The average molecular weight is 341 g/mol. The quantitative estimate of drug-likeness (QED) is 0.812. The van der Waals surface area contributed by atoms with Crippen molar-refractivity contribution in [3.05, 3.63) is 35.4 Å². The molecule has 2 heterocycles. The predicted octanol–water partition coefficient (Wildman–Crippen LogP) is 3.86. The Labute approximate surface area is 152 Å². The molecule has 25 heavy (non-hydrogen) atoms. The second-order valence-electron chi connectivity index (χ2n) is 8.40. The van der Waals surface area contributed by atoms with E-state index < -0.39 is 0 Å². The third-order valence-corrected chi connectivity index (χ3v) is 6.53. The number of hydrogen-bond donors (Lipinski definition) is 0. The summed E-state index contributed by atoms with van der Waals surface area (Å²) in [7, 11) is 0. The zero-order valence-corrected chi connectivity index (χ0v) is 15.5. The fraction of sp³-hybridized carbons (Fsp3) is 0.682. The Morgan fingerprint density at radius 1 is 0.840 bits per heavy atom. The highest BCUT2D eigenvalue weighted by atomic mass is 16.2. The molecular weight excluding hydrogens is 308 g/mol. The molecule has 0 aromatic heterocycles. The minimum atomic E-state index is 0.361. The smallest absolute Gasteiger partial charge is 0.225 e. The maximum absolute atomic E-state index is 12.3. The monoisotopic (exact) mass is 340 g/mol. The zero-order chi connectivity index (χ0) is 17.1. The third kappa shape index (κ3) is 4.25. The van der Waals surface area contributed by atoms with E-state index in [4.69, 9.17) is 0 Å². The minimum absolute atomic E-state index is 0.361. The molecule has 3 fully saturated rings. The molecule has 3 nitrogen and oxygen atoms in total. The first-order valence-corrected chi connectivity index (χ1v) is 10.4. The van der Waals surface area contributed by atoms with Crippen LogP contribution in [-0.2, 0) is 17.8 Å². The Kier molecular flexibility index (Phi) is 5.40. The lowest BCUT2D eigenvalue weighted by Crippen LogP contribution is -2.43. The zero-order valence-electron chi connectivity index (χ0n) is 15.5. The Morgan fingerprint density at radius 3 is 2.08 bits per heavy atom. The molecule has 1 aromatic rings. The number of rotatable bonds is 5. The highest BCUT2D eigenvalue weighted by Crippen LogP contribution is 2.30. The SMILES string of the molecule is O=C(C1CCC1)N1CCC(Cc2ccc(CN3CCCC3)cc2)CC1. The van der Waals surface area contributed by atoms with E-state index in [1.165, 1.54) is 62.7 Å². The molecule has 3 heteroatoms. The first kappa shape index (κ1) is 17.1. The average Bonchev–Trinajstić information content (AvgIpc) is 3.09. The van der Waals surface area contributed by atoms with E-state index >= 15 is 0 Å². The molecule has 4 rings (SSSR count). The molecule has 3 aliphatic rings. The summed E-state index contributed by atoms with van der Waals surface area (Å²) in [5, 5.41) is 0. The summed E-state index contributed by atoms with van der Waals surface area (Å²) in [6.07, 6.45) is 9.75. The summed E-state index contributed by atoms with van der Waals surface area (Å²) in [6, 6.07) is 9.31. The van der Waals surface area contributed by atoms with Crippen LogP contribution in [0.3, 0.4) is 0 Å². The van der Waals surface area contributed by atoms with Gasteiger partial charge in [0.1, 0.15) is 0 Å². The van der Waals surface area contributed by atoms with E-state index in [9.17, 15) is 4.79 Å². The van der Waals surface area contributed by atoms with Gasteiger partial charge in [-0.25, -0.2) is 0 Å². The van der Waals surface area contributed by atoms with Crippen molar-refractivity contribution in [2.24, 2.45) is 11.8 Å². The van der Waals surface area contributed by atoms with Crippen molar-refractivity contribution in [2.75, 3.05) is 26.2 Å². The van der Waals surface area contributed by atoms with Gasteiger partial charge in [-0.15, -0.1) is 0 Å².